The molecule has 0 atom stereocenters. The topological polar surface area (TPSA) is 50.4 Å². The molecule has 0 aliphatic carbocycles. The van der Waals surface area contributed by atoms with Gasteiger partial charge in [-0.15, -0.1) is 0 Å². The number of amides is 1. The van der Waals surface area contributed by atoms with Crippen LogP contribution in [0.4, 0.5) is 4.39 Å². The Morgan fingerprint density at radius 3 is 2.88 bits per heavy atom. The minimum atomic E-state index is -0.387. The summed E-state index contributed by atoms with van der Waals surface area (Å²) < 4.78 is 18.3. The Hall–Kier alpha value is -1.62. The number of benzene rings is 1. The van der Waals surface area contributed by atoms with E-state index in [2.05, 4.69) is 10.9 Å². The molecule has 0 heterocycles. The minimum absolute atomic E-state index is 0.111. The first-order valence-corrected chi connectivity index (χ1v) is 5.07. The van der Waals surface area contributed by atoms with Crippen LogP contribution in [0, 0.1) is 5.82 Å². The molecular formula is C11H15FN2O2. The number of rotatable bonds is 6. The van der Waals surface area contributed by atoms with Gasteiger partial charge in [0.2, 0.25) is 5.91 Å². The fourth-order valence-corrected chi connectivity index (χ4v) is 1.18. The van der Waals surface area contributed by atoms with Crippen molar-refractivity contribution < 1.29 is 13.9 Å². The minimum Gasteiger partial charge on any atom is -0.491 e. The largest absolute Gasteiger partial charge is 0.491 e. The fourth-order valence-electron chi connectivity index (χ4n) is 1.18. The van der Waals surface area contributed by atoms with Crippen LogP contribution in [0.2, 0.25) is 0 Å². The Morgan fingerprint density at radius 1 is 1.44 bits per heavy atom. The zero-order chi connectivity index (χ0) is 11.8. The van der Waals surface area contributed by atoms with Gasteiger partial charge in [-0.05, 0) is 18.6 Å². The van der Waals surface area contributed by atoms with Gasteiger partial charge >= 0.3 is 0 Å². The third kappa shape index (κ3) is 4.27. The summed E-state index contributed by atoms with van der Waals surface area (Å²) in [5.41, 5.74) is 4.97. The number of hydrazine groups is 1. The van der Waals surface area contributed by atoms with Gasteiger partial charge < -0.3 is 4.74 Å². The van der Waals surface area contributed by atoms with Crippen molar-refractivity contribution in [3.05, 3.63) is 30.1 Å². The fraction of sp³-hybridized carbons (Fsp3) is 0.364. The molecule has 0 spiro atoms. The predicted octanol–water partition coefficient (Wildman–Crippen LogP) is 1.24. The highest BCUT2D eigenvalue weighted by Crippen LogP contribution is 2.15. The summed E-state index contributed by atoms with van der Waals surface area (Å²) in [7, 11) is 1.62. The van der Waals surface area contributed by atoms with Gasteiger partial charge in [-0.2, -0.15) is 0 Å². The van der Waals surface area contributed by atoms with Gasteiger partial charge in [0, 0.05) is 13.5 Å². The molecule has 2 N–H and O–H groups in total. The maximum atomic E-state index is 13.1. The molecule has 0 saturated heterocycles. The number of para-hydroxylation sites is 1. The van der Waals surface area contributed by atoms with E-state index in [0.717, 1.165) is 0 Å². The van der Waals surface area contributed by atoms with Crippen LogP contribution in [-0.4, -0.2) is 19.6 Å². The van der Waals surface area contributed by atoms with Crippen molar-refractivity contribution in [1.82, 2.24) is 10.9 Å². The lowest BCUT2D eigenvalue weighted by Crippen LogP contribution is -2.34. The molecular weight excluding hydrogens is 211 g/mol. The van der Waals surface area contributed by atoms with Gasteiger partial charge in [0.15, 0.2) is 11.6 Å². The third-order valence-electron chi connectivity index (χ3n) is 1.91. The average molecular weight is 226 g/mol. The standard InChI is InChI=1S/C11H15FN2O2/c1-13-14-11(15)7-4-8-16-10-6-3-2-5-9(10)12/h2-3,5-6,13H,4,7-8H2,1H3,(H,14,15). The lowest BCUT2D eigenvalue weighted by Gasteiger charge is -2.06. The highest BCUT2D eigenvalue weighted by Gasteiger charge is 2.02. The zero-order valence-corrected chi connectivity index (χ0v) is 9.13. The monoisotopic (exact) mass is 226 g/mol. The van der Waals surface area contributed by atoms with E-state index >= 15 is 0 Å². The predicted molar refractivity (Wildman–Crippen MR) is 58.3 cm³/mol. The Balaban J connectivity index is 2.21. The quantitative estimate of drug-likeness (QED) is 0.566. The molecule has 1 aromatic carbocycles. The molecule has 4 nitrogen and oxygen atoms in total. The highest BCUT2D eigenvalue weighted by molar-refractivity contribution is 5.75. The third-order valence-corrected chi connectivity index (χ3v) is 1.91. The first-order valence-electron chi connectivity index (χ1n) is 5.07. The second-order valence-corrected chi connectivity index (χ2v) is 3.18. The van der Waals surface area contributed by atoms with Crippen LogP contribution < -0.4 is 15.6 Å². The lowest BCUT2D eigenvalue weighted by molar-refractivity contribution is -0.122. The number of carbonyl (C=O) groups is 1. The van der Waals surface area contributed by atoms with Crippen molar-refractivity contribution >= 4 is 5.91 Å². The number of carbonyl (C=O) groups excluding carboxylic acids is 1. The van der Waals surface area contributed by atoms with E-state index in [1.165, 1.54) is 6.07 Å². The summed E-state index contributed by atoms with van der Waals surface area (Å²) in [5.74, 6) is -0.279. The van der Waals surface area contributed by atoms with Gasteiger partial charge in [0.25, 0.3) is 0 Å². The molecule has 0 aromatic heterocycles. The van der Waals surface area contributed by atoms with Crippen LogP contribution in [0.3, 0.4) is 0 Å². The molecule has 16 heavy (non-hydrogen) atoms. The molecule has 0 saturated carbocycles. The SMILES string of the molecule is CNNC(=O)CCCOc1ccccc1F. The molecule has 1 aromatic rings. The van der Waals surface area contributed by atoms with Crippen molar-refractivity contribution in [3.8, 4) is 5.75 Å². The van der Waals surface area contributed by atoms with Gasteiger partial charge in [0.1, 0.15) is 0 Å². The van der Waals surface area contributed by atoms with E-state index < -0.39 is 0 Å². The summed E-state index contributed by atoms with van der Waals surface area (Å²) >= 11 is 0. The van der Waals surface area contributed by atoms with Crippen LogP contribution in [0.25, 0.3) is 0 Å². The van der Waals surface area contributed by atoms with Crippen molar-refractivity contribution in [3.63, 3.8) is 0 Å². The Labute approximate surface area is 93.8 Å². The zero-order valence-electron chi connectivity index (χ0n) is 9.13. The molecule has 0 unspecified atom stereocenters. The molecule has 5 heteroatoms. The molecule has 88 valence electrons. The molecule has 0 radical (unpaired) electrons. The molecule has 0 fully saturated rings. The lowest BCUT2D eigenvalue weighted by atomic mass is 10.3. The Morgan fingerprint density at radius 2 is 2.19 bits per heavy atom. The first-order chi connectivity index (χ1) is 7.74. The summed E-state index contributed by atoms with van der Waals surface area (Å²) in [4.78, 5) is 11.0. The van der Waals surface area contributed by atoms with E-state index in [9.17, 15) is 9.18 Å². The van der Waals surface area contributed by atoms with E-state index in [4.69, 9.17) is 4.74 Å². The summed E-state index contributed by atoms with van der Waals surface area (Å²) in [5, 5.41) is 0. The van der Waals surface area contributed by atoms with E-state index in [-0.39, 0.29) is 17.5 Å². The smallest absolute Gasteiger partial charge is 0.234 e. The van der Waals surface area contributed by atoms with Crippen LogP contribution in [0.1, 0.15) is 12.8 Å². The Kier molecular flexibility index (Phi) is 5.28. The number of nitrogens with one attached hydrogen (secondary N) is 2. The van der Waals surface area contributed by atoms with Gasteiger partial charge in [-0.25, -0.2) is 9.82 Å². The van der Waals surface area contributed by atoms with Crippen LogP contribution in [0.15, 0.2) is 24.3 Å². The summed E-state index contributed by atoms with van der Waals surface area (Å²) in [6, 6.07) is 6.20. The van der Waals surface area contributed by atoms with Crippen molar-refractivity contribution in [2.75, 3.05) is 13.7 Å². The van der Waals surface area contributed by atoms with E-state index in [0.29, 0.717) is 19.4 Å². The molecule has 0 aliphatic rings. The maximum absolute atomic E-state index is 13.1. The van der Waals surface area contributed by atoms with Gasteiger partial charge in [-0.3, -0.25) is 10.2 Å². The molecule has 0 aliphatic heterocycles. The van der Waals surface area contributed by atoms with Crippen LogP contribution >= 0.6 is 0 Å². The van der Waals surface area contributed by atoms with Crippen LogP contribution in [0.5, 0.6) is 5.75 Å². The second-order valence-electron chi connectivity index (χ2n) is 3.18. The normalized spacial score (nSPS) is 9.88. The summed E-state index contributed by atoms with van der Waals surface area (Å²) in [6.45, 7) is 0.318. The number of hydrogen-bond donors (Lipinski definition) is 2. The number of hydrogen-bond acceptors (Lipinski definition) is 3. The van der Waals surface area contributed by atoms with Gasteiger partial charge in [0.05, 0.1) is 6.61 Å². The van der Waals surface area contributed by atoms with Crippen molar-refractivity contribution in [2.45, 2.75) is 12.8 Å². The van der Waals surface area contributed by atoms with E-state index in [1.54, 1.807) is 25.2 Å². The average Bonchev–Trinajstić information content (AvgIpc) is 2.27. The molecule has 1 amide bonds. The first kappa shape index (κ1) is 12.4. The van der Waals surface area contributed by atoms with Crippen LogP contribution in [-0.2, 0) is 4.79 Å². The number of ether oxygens (including phenoxy) is 1. The Bertz CT molecular complexity index is 345. The van der Waals surface area contributed by atoms with Crippen molar-refractivity contribution in [2.24, 2.45) is 0 Å². The maximum Gasteiger partial charge on any atom is 0.234 e. The summed E-state index contributed by atoms with van der Waals surface area (Å²) in [6.07, 6.45) is 0.886. The second kappa shape index (κ2) is 6.79. The number of halogens is 1. The molecule has 0 bridgehead atoms. The highest BCUT2D eigenvalue weighted by atomic mass is 19.1. The van der Waals surface area contributed by atoms with Gasteiger partial charge in [-0.1, -0.05) is 12.1 Å². The molecule has 1 rings (SSSR count). The van der Waals surface area contributed by atoms with Crippen molar-refractivity contribution in [1.29, 1.82) is 0 Å². The van der Waals surface area contributed by atoms with E-state index in [1.807, 2.05) is 0 Å².